The Morgan fingerprint density at radius 3 is 2.19 bits per heavy atom. The van der Waals surface area contributed by atoms with Gasteiger partial charge in [-0.25, -0.2) is 13.8 Å². The van der Waals surface area contributed by atoms with E-state index in [9.17, 15) is 18.0 Å². The average Bonchev–Trinajstić information content (AvgIpc) is 2.83. The number of amides is 2. The van der Waals surface area contributed by atoms with Crippen molar-refractivity contribution in [2.24, 2.45) is 5.10 Å². The SMILES string of the molecule is Cc1ccc(NC(=O)COc2ccc(/C=N\NC(=O)CN(c3ccc(C)cc3C)S(C)(=O)=O)cc2)cc1. The fraction of sp³-hybridized carbons (Fsp3) is 0.222. The summed E-state index contributed by atoms with van der Waals surface area (Å²) in [5, 5.41) is 6.67. The molecule has 0 unspecified atom stereocenters. The van der Waals surface area contributed by atoms with Gasteiger partial charge in [0.25, 0.3) is 11.8 Å². The summed E-state index contributed by atoms with van der Waals surface area (Å²) in [5.41, 5.74) is 7.00. The highest BCUT2D eigenvalue weighted by atomic mass is 32.2. The van der Waals surface area contributed by atoms with Crippen LogP contribution in [0.1, 0.15) is 22.3 Å². The monoisotopic (exact) mass is 522 g/mol. The zero-order valence-corrected chi connectivity index (χ0v) is 22.0. The van der Waals surface area contributed by atoms with Gasteiger partial charge in [-0.2, -0.15) is 5.10 Å². The highest BCUT2D eigenvalue weighted by Crippen LogP contribution is 2.23. The molecule has 0 aliphatic carbocycles. The lowest BCUT2D eigenvalue weighted by Gasteiger charge is -2.23. The van der Waals surface area contributed by atoms with E-state index >= 15 is 0 Å². The summed E-state index contributed by atoms with van der Waals surface area (Å²) in [5.74, 6) is -0.361. The van der Waals surface area contributed by atoms with E-state index in [2.05, 4.69) is 15.8 Å². The Hall–Kier alpha value is -4.18. The number of rotatable bonds is 10. The Morgan fingerprint density at radius 2 is 1.57 bits per heavy atom. The highest BCUT2D eigenvalue weighted by Gasteiger charge is 2.22. The maximum atomic E-state index is 12.4. The lowest BCUT2D eigenvalue weighted by molar-refractivity contribution is -0.119. The maximum absolute atomic E-state index is 12.4. The van der Waals surface area contributed by atoms with Crippen LogP contribution in [0.4, 0.5) is 11.4 Å². The van der Waals surface area contributed by atoms with E-state index in [0.717, 1.165) is 27.3 Å². The Bertz CT molecular complexity index is 1390. The molecule has 0 fully saturated rings. The van der Waals surface area contributed by atoms with E-state index in [4.69, 9.17) is 4.74 Å². The average molecular weight is 523 g/mol. The Balaban J connectivity index is 1.51. The summed E-state index contributed by atoms with van der Waals surface area (Å²) in [6.07, 6.45) is 2.48. The molecule has 0 radical (unpaired) electrons. The summed E-state index contributed by atoms with van der Waals surface area (Å²) in [6.45, 7) is 5.12. The molecule has 3 rings (SSSR count). The summed E-state index contributed by atoms with van der Waals surface area (Å²) >= 11 is 0. The van der Waals surface area contributed by atoms with Crippen molar-refractivity contribution in [2.75, 3.05) is 29.0 Å². The van der Waals surface area contributed by atoms with Crippen LogP contribution in [-0.2, 0) is 19.6 Å². The van der Waals surface area contributed by atoms with Crippen LogP contribution < -0.4 is 19.8 Å². The van der Waals surface area contributed by atoms with Gasteiger partial charge in [-0.05, 0) is 74.4 Å². The van der Waals surface area contributed by atoms with Crippen molar-refractivity contribution in [3.63, 3.8) is 0 Å². The van der Waals surface area contributed by atoms with E-state index in [1.165, 1.54) is 6.21 Å². The molecule has 2 amide bonds. The minimum absolute atomic E-state index is 0.144. The number of aryl methyl sites for hydroxylation is 3. The molecule has 10 heteroatoms. The number of hydrogen-bond donors (Lipinski definition) is 2. The number of carbonyl (C=O) groups is 2. The number of nitrogens with one attached hydrogen (secondary N) is 2. The molecule has 3 aromatic carbocycles. The minimum atomic E-state index is -3.68. The summed E-state index contributed by atoms with van der Waals surface area (Å²) in [6, 6.07) is 19.6. The molecule has 0 bridgehead atoms. The zero-order chi connectivity index (χ0) is 27.0. The Morgan fingerprint density at radius 1 is 0.919 bits per heavy atom. The first-order chi connectivity index (χ1) is 17.5. The third-order valence-electron chi connectivity index (χ3n) is 5.30. The van der Waals surface area contributed by atoms with Gasteiger partial charge in [0.05, 0.1) is 18.2 Å². The molecule has 0 aromatic heterocycles. The standard InChI is InChI=1S/C27H30N4O5S/c1-19-5-10-23(11-6-19)29-27(33)18-36-24-12-8-22(9-13-24)16-28-30-26(32)17-31(37(4,34)35)25-14-7-20(2)15-21(25)3/h5-16H,17-18H2,1-4H3,(H,29,33)(H,30,32)/b28-16-. The first-order valence-corrected chi connectivity index (χ1v) is 13.3. The predicted molar refractivity (Wildman–Crippen MR) is 146 cm³/mol. The molecule has 37 heavy (non-hydrogen) atoms. The summed E-state index contributed by atoms with van der Waals surface area (Å²) in [7, 11) is -3.68. The van der Waals surface area contributed by atoms with Crippen LogP contribution in [0.2, 0.25) is 0 Å². The molecule has 2 N–H and O–H groups in total. The number of ether oxygens (including phenoxy) is 1. The van der Waals surface area contributed by atoms with Gasteiger partial charge in [0.2, 0.25) is 10.0 Å². The second-order valence-electron chi connectivity index (χ2n) is 8.62. The first kappa shape index (κ1) is 27.4. The van der Waals surface area contributed by atoms with Crippen LogP contribution in [0, 0.1) is 20.8 Å². The van der Waals surface area contributed by atoms with Crippen LogP contribution >= 0.6 is 0 Å². The van der Waals surface area contributed by atoms with Crippen LogP contribution in [0.15, 0.2) is 71.8 Å². The first-order valence-electron chi connectivity index (χ1n) is 11.5. The molecule has 0 aliphatic rings. The molecule has 194 valence electrons. The lowest BCUT2D eigenvalue weighted by Crippen LogP contribution is -2.39. The summed E-state index contributed by atoms with van der Waals surface area (Å²) < 4.78 is 31.2. The number of anilines is 2. The fourth-order valence-electron chi connectivity index (χ4n) is 3.44. The van der Waals surface area contributed by atoms with Gasteiger partial charge in [-0.15, -0.1) is 0 Å². The predicted octanol–water partition coefficient (Wildman–Crippen LogP) is 3.55. The molecule has 9 nitrogen and oxygen atoms in total. The fourth-order valence-corrected chi connectivity index (χ4v) is 4.36. The smallest absolute Gasteiger partial charge is 0.262 e. The van der Waals surface area contributed by atoms with E-state index in [-0.39, 0.29) is 12.5 Å². The Kier molecular flexibility index (Phi) is 9.02. The molecule has 0 aliphatic heterocycles. The minimum Gasteiger partial charge on any atom is -0.484 e. The molecule has 0 saturated carbocycles. The van der Waals surface area contributed by atoms with Crippen LogP contribution in [0.25, 0.3) is 0 Å². The van der Waals surface area contributed by atoms with Crippen molar-refractivity contribution < 1.29 is 22.7 Å². The van der Waals surface area contributed by atoms with E-state index < -0.39 is 22.5 Å². The number of carbonyl (C=O) groups excluding carboxylic acids is 2. The van der Waals surface area contributed by atoms with Crippen molar-refractivity contribution in [2.45, 2.75) is 20.8 Å². The number of sulfonamides is 1. The van der Waals surface area contributed by atoms with Crippen molar-refractivity contribution in [3.05, 3.63) is 89.0 Å². The van der Waals surface area contributed by atoms with Gasteiger partial charge in [0.15, 0.2) is 6.61 Å². The number of benzene rings is 3. The van der Waals surface area contributed by atoms with Gasteiger partial charge in [0, 0.05) is 5.69 Å². The van der Waals surface area contributed by atoms with Gasteiger partial charge in [-0.1, -0.05) is 35.4 Å². The van der Waals surface area contributed by atoms with Crippen molar-refractivity contribution in [1.29, 1.82) is 0 Å². The second kappa shape index (κ2) is 12.2. The Labute approximate surface area is 217 Å². The van der Waals surface area contributed by atoms with Crippen molar-refractivity contribution >= 4 is 39.4 Å². The third-order valence-corrected chi connectivity index (χ3v) is 6.42. The second-order valence-corrected chi connectivity index (χ2v) is 10.5. The highest BCUT2D eigenvalue weighted by molar-refractivity contribution is 7.92. The molecule has 0 spiro atoms. The lowest BCUT2D eigenvalue weighted by atomic mass is 10.1. The largest absolute Gasteiger partial charge is 0.484 e. The van der Waals surface area contributed by atoms with Crippen LogP contribution in [-0.4, -0.2) is 45.9 Å². The van der Waals surface area contributed by atoms with Gasteiger partial charge < -0.3 is 10.1 Å². The third kappa shape index (κ3) is 8.46. The summed E-state index contributed by atoms with van der Waals surface area (Å²) in [4.78, 5) is 24.5. The van der Waals surface area contributed by atoms with Crippen molar-refractivity contribution in [1.82, 2.24) is 5.43 Å². The molecular weight excluding hydrogens is 492 g/mol. The molecule has 0 heterocycles. The van der Waals surface area contributed by atoms with Gasteiger partial charge in [-0.3, -0.25) is 13.9 Å². The maximum Gasteiger partial charge on any atom is 0.262 e. The van der Waals surface area contributed by atoms with E-state index in [1.54, 1.807) is 43.3 Å². The molecule has 0 saturated heterocycles. The normalized spacial score (nSPS) is 11.2. The van der Waals surface area contributed by atoms with E-state index in [0.29, 0.717) is 22.7 Å². The van der Waals surface area contributed by atoms with Gasteiger partial charge >= 0.3 is 0 Å². The number of nitrogens with zero attached hydrogens (tertiary/aromatic N) is 2. The zero-order valence-electron chi connectivity index (χ0n) is 21.2. The number of hydrogen-bond acceptors (Lipinski definition) is 6. The van der Waals surface area contributed by atoms with Crippen LogP contribution in [0.5, 0.6) is 5.75 Å². The van der Waals surface area contributed by atoms with Crippen molar-refractivity contribution in [3.8, 4) is 5.75 Å². The topological polar surface area (TPSA) is 117 Å². The van der Waals surface area contributed by atoms with Gasteiger partial charge in [0.1, 0.15) is 12.3 Å². The quantitative estimate of drug-likeness (QED) is 0.312. The molecule has 0 atom stereocenters. The molecule has 3 aromatic rings. The molecular formula is C27H30N4O5S. The number of hydrazone groups is 1. The van der Waals surface area contributed by atoms with E-state index in [1.807, 2.05) is 44.2 Å². The van der Waals surface area contributed by atoms with Crippen LogP contribution in [0.3, 0.4) is 0 Å².